The fourth-order valence-electron chi connectivity index (χ4n) is 4.82. The van der Waals surface area contributed by atoms with Crippen LogP contribution < -0.4 is 0 Å². The monoisotopic (exact) mass is 180 g/mol. The van der Waals surface area contributed by atoms with Crippen LogP contribution in [0, 0.1) is 35.0 Å². The molecule has 76 valence electrons. The van der Waals surface area contributed by atoms with E-state index in [-0.39, 0.29) is 0 Å². The molecular weight excluding hydrogens is 156 g/mol. The van der Waals surface area contributed by atoms with E-state index in [0.717, 1.165) is 35.0 Å². The Morgan fingerprint density at radius 3 is 1.92 bits per heavy atom. The molecule has 0 saturated heterocycles. The predicted octanol–water partition coefficient (Wildman–Crippen LogP) is 3.96. The highest BCUT2D eigenvalue weighted by Crippen LogP contribution is 2.72. The van der Waals surface area contributed by atoms with Crippen molar-refractivity contribution in [2.24, 2.45) is 35.0 Å². The van der Waals surface area contributed by atoms with Crippen molar-refractivity contribution < 1.29 is 0 Å². The van der Waals surface area contributed by atoms with E-state index in [2.05, 4.69) is 34.6 Å². The van der Waals surface area contributed by atoms with E-state index in [0.29, 0.717) is 0 Å². The minimum Gasteiger partial charge on any atom is -0.0648 e. The Hall–Kier alpha value is 0. The topological polar surface area (TPSA) is 0 Å². The second-order valence-corrected chi connectivity index (χ2v) is 5.55. The second kappa shape index (κ2) is 2.74. The molecule has 2 aliphatic rings. The molecule has 0 aromatic carbocycles. The lowest BCUT2D eigenvalue weighted by atomic mass is 9.32. The third kappa shape index (κ3) is 0.831. The van der Waals surface area contributed by atoms with E-state index in [1.165, 1.54) is 12.8 Å². The van der Waals surface area contributed by atoms with Crippen molar-refractivity contribution in [3.63, 3.8) is 0 Å². The van der Waals surface area contributed by atoms with Crippen LogP contribution in [0.5, 0.6) is 0 Å². The Morgan fingerprint density at radius 2 is 1.46 bits per heavy atom. The van der Waals surface area contributed by atoms with Crippen LogP contribution in [-0.2, 0) is 0 Å². The molecule has 2 saturated carbocycles. The Kier molecular flexibility index (Phi) is 2.02. The largest absolute Gasteiger partial charge is 0.0648 e. The molecule has 5 atom stereocenters. The first kappa shape index (κ1) is 9.55. The number of fused-ring (bicyclic) bond motifs is 1. The van der Waals surface area contributed by atoms with Gasteiger partial charge in [-0.3, -0.25) is 0 Å². The number of hydrogen-bond acceptors (Lipinski definition) is 0. The normalized spacial score (nSPS) is 51.9. The minimum absolute atomic E-state index is 0.733. The first-order valence-corrected chi connectivity index (χ1v) is 6.10. The van der Waals surface area contributed by atoms with Crippen LogP contribution in [-0.4, -0.2) is 0 Å². The van der Waals surface area contributed by atoms with Gasteiger partial charge in [0, 0.05) is 0 Å². The summed E-state index contributed by atoms with van der Waals surface area (Å²) in [4.78, 5) is 0. The summed E-state index contributed by atoms with van der Waals surface area (Å²) >= 11 is 0. The molecule has 2 aliphatic carbocycles. The molecule has 0 radical (unpaired) electrons. The van der Waals surface area contributed by atoms with E-state index >= 15 is 0 Å². The van der Waals surface area contributed by atoms with Gasteiger partial charge in [-0.05, 0) is 47.8 Å². The van der Waals surface area contributed by atoms with Crippen LogP contribution in [0.15, 0.2) is 0 Å². The van der Waals surface area contributed by atoms with E-state index in [9.17, 15) is 0 Å². The molecule has 0 aliphatic heterocycles. The molecule has 0 aromatic heterocycles. The van der Waals surface area contributed by atoms with Gasteiger partial charge >= 0.3 is 0 Å². The standard InChI is InChI=1S/C13H24/c1-6-13(7-2)10(5)11-8(3)9(4)12(11)13/h8-12H,6-7H2,1-5H3. The average Bonchev–Trinajstić information content (AvgIpc) is 2.15. The van der Waals surface area contributed by atoms with Gasteiger partial charge in [0.15, 0.2) is 0 Å². The van der Waals surface area contributed by atoms with Crippen molar-refractivity contribution >= 4 is 0 Å². The van der Waals surface area contributed by atoms with Gasteiger partial charge in [0.25, 0.3) is 0 Å². The maximum absolute atomic E-state index is 2.50. The third-order valence-corrected chi connectivity index (χ3v) is 5.88. The van der Waals surface area contributed by atoms with E-state index in [1.54, 1.807) is 0 Å². The summed E-state index contributed by atoms with van der Waals surface area (Å²) in [6.07, 6.45) is 2.81. The van der Waals surface area contributed by atoms with Crippen LogP contribution in [0.25, 0.3) is 0 Å². The minimum atomic E-state index is 0.733. The zero-order valence-corrected chi connectivity index (χ0v) is 9.80. The van der Waals surface area contributed by atoms with Crippen molar-refractivity contribution in [2.75, 3.05) is 0 Å². The van der Waals surface area contributed by atoms with Gasteiger partial charge in [0.1, 0.15) is 0 Å². The predicted molar refractivity (Wildman–Crippen MR) is 57.5 cm³/mol. The van der Waals surface area contributed by atoms with Gasteiger partial charge < -0.3 is 0 Å². The molecule has 13 heavy (non-hydrogen) atoms. The van der Waals surface area contributed by atoms with Crippen LogP contribution >= 0.6 is 0 Å². The summed E-state index contributed by atoms with van der Waals surface area (Å²) in [5, 5.41) is 0. The summed E-state index contributed by atoms with van der Waals surface area (Å²) in [6.45, 7) is 12.2. The first-order chi connectivity index (χ1) is 6.10. The summed E-state index contributed by atoms with van der Waals surface area (Å²) in [5.74, 6) is 5.16. The smallest absolute Gasteiger partial charge is 0.0240 e. The average molecular weight is 180 g/mol. The van der Waals surface area contributed by atoms with E-state index < -0.39 is 0 Å². The molecule has 0 N–H and O–H groups in total. The second-order valence-electron chi connectivity index (χ2n) is 5.55. The van der Waals surface area contributed by atoms with Gasteiger partial charge in [0.05, 0.1) is 0 Å². The van der Waals surface area contributed by atoms with Crippen LogP contribution in [0.4, 0.5) is 0 Å². The highest BCUT2D eigenvalue weighted by Gasteiger charge is 2.67. The highest BCUT2D eigenvalue weighted by molar-refractivity contribution is 5.15. The number of hydrogen-bond donors (Lipinski definition) is 0. The Morgan fingerprint density at radius 1 is 0.923 bits per heavy atom. The lowest BCUT2D eigenvalue weighted by Crippen LogP contribution is -2.68. The Bertz CT molecular complexity index is 202. The Balaban J connectivity index is 2.17. The van der Waals surface area contributed by atoms with Gasteiger partial charge in [-0.25, -0.2) is 0 Å². The molecule has 0 amide bonds. The molecule has 0 spiro atoms. The van der Waals surface area contributed by atoms with Gasteiger partial charge in [0.2, 0.25) is 0 Å². The zero-order valence-electron chi connectivity index (χ0n) is 9.80. The fraction of sp³-hybridized carbons (Fsp3) is 1.00. The van der Waals surface area contributed by atoms with E-state index in [1.807, 2.05) is 0 Å². The summed E-state index contributed by atoms with van der Waals surface area (Å²) < 4.78 is 0. The molecule has 0 nitrogen and oxygen atoms in total. The zero-order chi connectivity index (χ0) is 9.80. The van der Waals surface area contributed by atoms with Crippen molar-refractivity contribution in [3.8, 4) is 0 Å². The van der Waals surface area contributed by atoms with Crippen molar-refractivity contribution in [2.45, 2.75) is 47.5 Å². The van der Waals surface area contributed by atoms with Crippen molar-refractivity contribution in [1.82, 2.24) is 0 Å². The van der Waals surface area contributed by atoms with Gasteiger partial charge in [-0.15, -0.1) is 0 Å². The molecule has 0 heterocycles. The molecule has 0 bridgehead atoms. The lowest BCUT2D eigenvalue weighted by Gasteiger charge is -2.73. The molecule has 2 fully saturated rings. The molecule has 2 rings (SSSR count). The van der Waals surface area contributed by atoms with Crippen LogP contribution in [0.2, 0.25) is 0 Å². The number of rotatable bonds is 2. The van der Waals surface area contributed by atoms with Gasteiger partial charge in [-0.2, -0.15) is 0 Å². The first-order valence-electron chi connectivity index (χ1n) is 6.10. The summed E-state index contributed by atoms with van der Waals surface area (Å²) in [6, 6.07) is 0. The molecule has 0 aromatic rings. The SMILES string of the molecule is CCC1(CC)C(C)C2C(C)C(C)C21. The lowest BCUT2D eigenvalue weighted by molar-refractivity contribution is -0.254. The third-order valence-electron chi connectivity index (χ3n) is 5.88. The summed E-state index contributed by atoms with van der Waals surface area (Å²) in [7, 11) is 0. The molecular formula is C13H24. The fourth-order valence-corrected chi connectivity index (χ4v) is 4.82. The van der Waals surface area contributed by atoms with Crippen molar-refractivity contribution in [3.05, 3.63) is 0 Å². The maximum Gasteiger partial charge on any atom is -0.0240 e. The van der Waals surface area contributed by atoms with Gasteiger partial charge in [-0.1, -0.05) is 34.6 Å². The molecule has 0 heteroatoms. The quantitative estimate of drug-likeness (QED) is 0.603. The summed E-state index contributed by atoms with van der Waals surface area (Å²) in [5.41, 5.74) is 0.733. The molecule has 5 unspecified atom stereocenters. The highest BCUT2D eigenvalue weighted by atomic mass is 14.7. The maximum atomic E-state index is 2.50. The Labute approximate surface area is 83.1 Å². The van der Waals surface area contributed by atoms with Crippen LogP contribution in [0.3, 0.4) is 0 Å². The van der Waals surface area contributed by atoms with E-state index in [4.69, 9.17) is 0 Å². The van der Waals surface area contributed by atoms with Crippen molar-refractivity contribution in [1.29, 1.82) is 0 Å². The van der Waals surface area contributed by atoms with Crippen LogP contribution in [0.1, 0.15) is 47.5 Å².